The van der Waals surface area contributed by atoms with E-state index in [0.29, 0.717) is 11.3 Å². The molecule has 0 amide bonds. The number of anilines is 1. The lowest BCUT2D eigenvalue weighted by molar-refractivity contribution is 0.0698. The summed E-state index contributed by atoms with van der Waals surface area (Å²) in [6.45, 7) is 3.34. The van der Waals surface area contributed by atoms with Crippen LogP contribution < -0.4 is 4.72 Å². The van der Waals surface area contributed by atoms with E-state index in [9.17, 15) is 13.2 Å². The summed E-state index contributed by atoms with van der Waals surface area (Å²) in [6.07, 6.45) is 2.96. The zero-order valence-electron chi connectivity index (χ0n) is 10.7. The highest BCUT2D eigenvalue weighted by Crippen LogP contribution is 2.28. The summed E-state index contributed by atoms with van der Waals surface area (Å²) in [6, 6.07) is 1.62. The zero-order chi connectivity index (χ0) is 14.9. The summed E-state index contributed by atoms with van der Waals surface area (Å²) >= 11 is 0.891. The third-order valence-corrected chi connectivity index (χ3v) is 5.29. The monoisotopic (exact) mass is 312 g/mol. The molecule has 2 heterocycles. The van der Waals surface area contributed by atoms with Crippen molar-refractivity contribution in [1.82, 2.24) is 4.98 Å². The molecule has 106 valence electrons. The van der Waals surface area contributed by atoms with Crippen LogP contribution in [0.15, 0.2) is 28.7 Å². The number of aromatic carboxylic acids is 1. The van der Waals surface area contributed by atoms with E-state index in [1.165, 1.54) is 11.6 Å². The van der Waals surface area contributed by atoms with E-state index >= 15 is 0 Å². The van der Waals surface area contributed by atoms with Gasteiger partial charge in [-0.05, 0) is 36.4 Å². The van der Waals surface area contributed by atoms with Gasteiger partial charge < -0.3 is 5.11 Å². The second-order valence-electron chi connectivity index (χ2n) is 4.24. The normalized spacial score (nSPS) is 11.3. The van der Waals surface area contributed by atoms with Crippen LogP contribution in [0.5, 0.6) is 0 Å². The molecule has 8 heteroatoms. The van der Waals surface area contributed by atoms with E-state index in [4.69, 9.17) is 5.11 Å². The third kappa shape index (κ3) is 2.81. The number of hydrogen-bond acceptors (Lipinski definition) is 5. The third-order valence-electron chi connectivity index (χ3n) is 2.51. The van der Waals surface area contributed by atoms with Gasteiger partial charge in [0.1, 0.15) is 9.77 Å². The van der Waals surface area contributed by atoms with Crippen LogP contribution in [-0.4, -0.2) is 24.5 Å². The van der Waals surface area contributed by atoms with Gasteiger partial charge in [-0.3, -0.25) is 9.71 Å². The molecular formula is C12H12N2O4S2. The maximum absolute atomic E-state index is 12.3. The Bertz CT molecular complexity index is 766. The van der Waals surface area contributed by atoms with Crippen LogP contribution in [-0.2, 0) is 10.0 Å². The largest absolute Gasteiger partial charge is 0.477 e. The van der Waals surface area contributed by atoms with Crippen molar-refractivity contribution in [3.05, 3.63) is 39.8 Å². The molecule has 2 aromatic heterocycles. The topological polar surface area (TPSA) is 96.4 Å². The number of carbonyl (C=O) groups is 1. The Morgan fingerprint density at radius 3 is 2.65 bits per heavy atom. The maximum atomic E-state index is 12.3. The molecule has 2 rings (SSSR count). The van der Waals surface area contributed by atoms with Crippen molar-refractivity contribution in [3.63, 3.8) is 0 Å². The van der Waals surface area contributed by atoms with Crippen molar-refractivity contribution >= 4 is 33.0 Å². The molecule has 20 heavy (non-hydrogen) atoms. The molecule has 0 fully saturated rings. The number of pyridine rings is 1. The summed E-state index contributed by atoms with van der Waals surface area (Å²) in [5.41, 5.74) is 1.50. The standard InChI is InChI=1S/C12H12N2O4S2/c1-7-3-9(5-13-4-7)14-20(17,18)11-8(2)6-19-10(11)12(15)16/h3-6,14H,1-2H3,(H,15,16). The summed E-state index contributed by atoms with van der Waals surface area (Å²) in [4.78, 5) is 14.6. The predicted octanol–water partition coefficient (Wildman–Crippen LogP) is 2.26. The molecule has 0 aromatic carbocycles. The van der Waals surface area contributed by atoms with Gasteiger partial charge in [-0.2, -0.15) is 0 Å². The van der Waals surface area contributed by atoms with Crippen molar-refractivity contribution in [1.29, 1.82) is 0 Å². The minimum absolute atomic E-state index is 0.198. The molecule has 0 atom stereocenters. The first-order chi connectivity index (χ1) is 9.31. The van der Waals surface area contributed by atoms with Gasteiger partial charge in [0, 0.05) is 6.20 Å². The van der Waals surface area contributed by atoms with Gasteiger partial charge in [0.25, 0.3) is 10.0 Å². The molecule has 0 unspecified atom stereocenters. The average Bonchev–Trinajstić information content (AvgIpc) is 2.71. The van der Waals surface area contributed by atoms with Gasteiger partial charge in [0.05, 0.1) is 11.9 Å². The molecule has 2 aromatic rings. The van der Waals surface area contributed by atoms with E-state index < -0.39 is 16.0 Å². The van der Waals surface area contributed by atoms with Gasteiger partial charge in [0.15, 0.2) is 0 Å². The Morgan fingerprint density at radius 1 is 1.35 bits per heavy atom. The fourth-order valence-electron chi connectivity index (χ4n) is 1.73. The molecule has 0 saturated carbocycles. The average molecular weight is 312 g/mol. The number of aryl methyl sites for hydroxylation is 2. The van der Waals surface area contributed by atoms with Crippen LogP contribution in [0.3, 0.4) is 0 Å². The first-order valence-corrected chi connectivity index (χ1v) is 7.93. The molecule has 0 spiro atoms. The summed E-state index contributed by atoms with van der Waals surface area (Å²) in [5, 5.41) is 10.6. The molecule has 6 nitrogen and oxygen atoms in total. The highest BCUT2D eigenvalue weighted by atomic mass is 32.2. The van der Waals surface area contributed by atoms with E-state index in [0.717, 1.165) is 16.9 Å². The van der Waals surface area contributed by atoms with Gasteiger partial charge in [-0.25, -0.2) is 13.2 Å². The lowest BCUT2D eigenvalue weighted by atomic mass is 10.3. The van der Waals surface area contributed by atoms with Crippen LogP contribution >= 0.6 is 11.3 Å². The van der Waals surface area contributed by atoms with Gasteiger partial charge in [-0.1, -0.05) is 0 Å². The Morgan fingerprint density at radius 2 is 2.05 bits per heavy atom. The van der Waals surface area contributed by atoms with Crippen LogP contribution in [0.2, 0.25) is 0 Å². The SMILES string of the molecule is Cc1cncc(NS(=O)(=O)c2c(C)csc2C(=O)O)c1. The first-order valence-electron chi connectivity index (χ1n) is 5.57. The molecule has 0 radical (unpaired) electrons. The number of sulfonamides is 1. The van der Waals surface area contributed by atoms with Crippen LogP contribution in [0.4, 0.5) is 5.69 Å². The lowest BCUT2D eigenvalue weighted by Crippen LogP contribution is -2.16. The molecule has 0 bridgehead atoms. The van der Waals surface area contributed by atoms with Gasteiger partial charge in [-0.15, -0.1) is 11.3 Å². The molecular weight excluding hydrogens is 300 g/mol. The summed E-state index contributed by atoms with van der Waals surface area (Å²) < 4.78 is 27.0. The quantitative estimate of drug-likeness (QED) is 0.902. The Balaban J connectivity index is 2.46. The zero-order valence-corrected chi connectivity index (χ0v) is 12.4. The summed E-state index contributed by atoms with van der Waals surface area (Å²) in [7, 11) is -3.95. The smallest absolute Gasteiger partial charge is 0.347 e. The summed E-state index contributed by atoms with van der Waals surface area (Å²) in [5.74, 6) is -1.26. The van der Waals surface area contributed by atoms with Crippen molar-refractivity contribution in [2.24, 2.45) is 0 Å². The van der Waals surface area contributed by atoms with E-state index in [-0.39, 0.29) is 9.77 Å². The fraction of sp³-hybridized carbons (Fsp3) is 0.167. The van der Waals surface area contributed by atoms with Crippen molar-refractivity contribution < 1.29 is 18.3 Å². The second-order valence-corrected chi connectivity index (χ2v) is 6.74. The van der Waals surface area contributed by atoms with Gasteiger partial charge in [0.2, 0.25) is 0 Å². The van der Waals surface area contributed by atoms with Crippen LogP contribution in [0, 0.1) is 13.8 Å². The van der Waals surface area contributed by atoms with E-state index in [1.807, 2.05) is 0 Å². The maximum Gasteiger partial charge on any atom is 0.347 e. The van der Waals surface area contributed by atoms with Crippen LogP contribution in [0.25, 0.3) is 0 Å². The minimum atomic E-state index is -3.95. The van der Waals surface area contributed by atoms with Gasteiger partial charge >= 0.3 is 5.97 Å². The number of rotatable bonds is 4. The number of carboxylic acid groups (broad SMARTS) is 1. The number of nitrogens with zero attached hydrogens (tertiary/aromatic N) is 1. The van der Waals surface area contributed by atoms with Crippen molar-refractivity contribution in [2.45, 2.75) is 18.7 Å². The number of thiophene rings is 1. The Hall–Kier alpha value is -1.93. The van der Waals surface area contributed by atoms with Crippen molar-refractivity contribution in [2.75, 3.05) is 4.72 Å². The Kier molecular flexibility index (Phi) is 3.78. The molecule has 0 aliphatic heterocycles. The Labute approximate surface area is 120 Å². The van der Waals surface area contributed by atoms with E-state index in [1.54, 1.807) is 26.1 Å². The molecule has 0 saturated heterocycles. The predicted molar refractivity (Wildman–Crippen MR) is 75.8 cm³/mol. The molecule has 0 aliphatic carbocycles. The fourth-order valence-corrected chi connectivity index (χ4v) is 4.40. The number of carboxylic acids is 1. The van der Waals surface area contributed by atoms with Crippen LogP contribution in [0.1, 0.15) is 20.8 Å². The second kappa shape index (κ2) is 5.22. The molecule has 2 N–H and O–H groups in total. The minimum Gasteiger partial charge on any atom is -0.477 e. The number of hydrogen-bond donors (Lipinski definition) is 2. The number of nitrogens with one attached hydrogen (secondary N) is 1. The highest BCUT2D eigenvalue weighted by molar-refractivity contribution is 7.93. The lowest BCUT2D eigenvalue weighted by Gasteiger charge is -2.09. The molecule has 0 aliphatic rings. The van der Waals surface area contributed by atoms with Crippen molar-refractivity contribution in [3.8, 4) is 0 Å². The highest BCUT2D eigenvalue weighted by Gasteiger charge is 2.26. The number of aromatic nitrogens is 1. The van der Waals surface area contributed by atoms with E-state index in [2.05, 4.69) is 9.71 Å². The first kappa shape index (κ1) is 14.5.